The largest absolute Gasteiger partial charge is 0.483 e. The van der Waals surface area contributed by atoms with E-state index in [9.17, 15) is 4.79 Å². The number of imidazole rings is 1. The van der Waals surface area contributed by atoms with Crippen LogP contribution in [0.2, 0.25) is 0 Å². The lowest BCUT2D eigenvalue weighted by Gasteiger charge is -2.43. The molecule has 1 spiro atoms. The summed E-state index contributed by atoms with van der Waals surface area (Å²) in [6.45, 7) is 5.25. The van der Waals surface area contributed by atoms with Crippen molar-refractivity contribution in [3.63, 3.8) is 0 Å². The Morgan fingerprint density at radius 3 is 2.70 bits per heavy atom. The number of likely N-dealkylation sites (tertiary alicyclic amines) is 2. The summed E-state index contributed by atoms with van der Waals surface area (Å²) in [5.41, 5.74) is 2.31. The monoisotopic (exact) mass is 432 g/mol. The van der Waals surface area contributed by atoms with E-state index in [2.05, 4.69) is 20.9 Å². The minimum atomic E-state index is -0.250. The second-order valence-corrected chi connectivity index (χ2v) is 9.07. The molecule has 9 heteroatoms. The molecule has 2 aromatic heterocycles. The molecule has 2 saturated heterocycles. The lowest BCUT2D eigenvalue weighted by atomic mass is 9.85. The Kier molecular flexibility index (Phi) is 6.50. The predicted molar refractivity (Wildman–Crippen MR) is 113 cm³/mol. The molecule has 0 aromatic carbocycles. The van der Waals surface area contributed by atoms with Crippen molar-refractivity contribution in [1.82, 2.24) is 19.8 Å². The first-order chi connectivity index (χ1) is 14.6. The Bertz CT molecular complexity index is 852. The number of hydrogen-bond acceptors (Lipinski definition) is 6. The first-order valence-corrected chi connectivity index (χ1v) is 11.3. The third kappa shape index (κ3) is 4.28. The molecule has 0 saturated carbocycles. The topological polar surface area (TPSA) is 98.8 Å². The minimum absolute atomic E-state index is 0.188. The average Bonchev–Trinajstić information content (AvgIpc) is 3.52. The fourth-order valence-electron chi connectivity index (χ4n) is 4.66. The van der Waals surface area contributed by atoms with Crippen LogP contribution in [0.3, 0.4) is 0 Å². The van der Waals surface area contributed by atoms with Gasteiger partial charge in [-0.2, -0.15) is 0 Å². The summed E-state index contributed by atoms with van der Waals surface area (Å²) in [5.74, 6) is 0.221. The van der Waals surface area contributed by atoms with E-state index in [0.717, 1.165) is 82.0 Å². The molecular weight excluding hydrogens is 404 g/mol. The molecule has 2 fully saturated rings. The highest BCUT2D eigenvalue weighted by Crippen LogP contribution is 2.45. The van der Waals surface area contributed by atoms with Crippen LogP contribution in [0.1, 0.15) is 51.5 Å². The van der Waals surface area contributed by atoms with Gasteiger partial charge in [-0.15, -0.1) is 11.3 Å². The lowest BCUT2D eigenvalue weighted by molar-refractivity contribution is -0.122. The van der Waals surface area contributed by atoms with Crippen molar-refractivity contribution in [2.24, 2.45) is 0 Å². The van der Waals surface area contributed by atoms with Gasteiger partial charge in [0.05, 0.1) is 17.8 Å². The SMILES string of the molecule is O=C(c1cc2c(s1)C1(CCN(Cc3cnc[nH]3)CC1)OCC2)N1CCCC1.O=CO. The molecule has 3 aliphatic heterocycles. The van der Waals surface area contributed by atoms with Crippen molar-refractivity contribution in [2.75, 3.05) is 32.8 Å². The highest BCUT2D eigenvalue weighted by Gasteiger charge is 2.43. The Morgan fingerprint density at radius 1 is 1.30 bits per heavy atom. The minimum Gasteiger partial charge on any atom is -0.483 e. The second kappa shape index (κ2) is 9.28. The van der Waals surface area contributed by atoms with Crippen LogP contribution < -0.4 is 0 Å². The van der Waals surface area contributed by atoms with Gasteiger partial charge in [-0.25, -0.2) is 4.98 Å². The van der Waals surface area contributed by atoms with E-state index in [-0.39, 0.29) is 18.0 Å². The van der Waals surface area contributed by atoms with E-state index in [1.807, 2.05) is 11.1 Å². The van der Waals surface area contributed by atoms with Gasteiger partial charge in [0.2, 0.25) is 0 Å². The summed E-state index contributed by atoms with van der Waals surface area (Å²) < 4.78 is 6.37. The normalized spacial score (nSPS) is 20.5. The summed E-state index contributed by atoms with van der Waals surface area (Å²) in [7, 11) is 0. The molecule has 8 nitrogen and oxygen atoms in total. The molecule has 1 amide bonds. The number of hydrogen-bond donors (Lipinski definition) is 2. The maximum absolute atomic E-state index is 12.8. The third-order valence-electron chi connectivity index (χ3n) is 6.19. The van der Waals surface area contributed by atoms with Crippen LogP contribution >= 0.6 is 11.3 Å². The van der Waals surface area contributed by atoms with Gasteiger partial charge in [-0.3, -0.25) is 14.5 Å². The van der Waals surface area contributed by atoms with E-state index >= 15 is 0 Å². The fraction of sp³-hybridized carbons (Fsp3) is 0.571. The predicted octanol–water partition coefficient (Wildman–Crippen LogP) is 2.47. The van der Waals surface area contributed by atoms with Crippen molar-refractivity contribution in [1.29, 1.82) is 0 Å². The standard InChI is InChI=1S/C20H26N4O2S.CH2O2/c25-19(24-6-1-2-7-24)17-11-15-3-10-26-20(18(15)27-17)4-8-23(9-5-20)13-16-12-21-14-22-16;2-1-3/h11-12,14H,1-10,13H2,(H,21,22);1H,(H,2,3). The van der Waals surface area contributed by atoms with Gasteiger partial charge >= 0.3 is 0 Å². The van der Waals surface area contributed by atoms with Crippen molar-refractivity contribution in [3.05, 3.63) is 39.6 Å². The molecule has 0 unspecified atom stereocenters. The molecule has 5 rings (SSSR count). The number of nitrogens with one attached hydrogen (secondary N) is 1. The van der Waals surface area contributed by atoms with Crippen LogP contribution in [0.15, 0.2) is 18.6 Å². The maximum Gasteiger partial charge on any atom is 0.290 e. The Labute approximate surface area is 179 Å². The van der Waals surface area contributed by atoms with E-state index in [1.165, 1.54) is 10.4 Å². The molecule has 30 heavy (non-hydrogen) atoms. The van der Waals surface area contributed by atoms with E-state index in [1.54, 1.807) is 17.7 Å². The number of H-pyrrole nitrogens is 1. The molecule has 2 N–H and O–H groups in total. The maximum atomic E-state index is 12.8. The van der Waals surface area contributed by atoms with Crippen LogP contribution in [-0.2, 0) is 28.1 Å². The molecule has 5 heterocycles. The molecule has 0 aliphatic carbocycles. The highest BCUT2D eigenvalue weighted by molar-refractivity contribution is 7.14. The number of ether oxygens (including phenoxy) is 1. The van der Waals surface area contributed by atoms with Crippen LogP contribution in [-0.4, -0.2) is 70.0 Å². The van der Waals surface area contributed by atoms with E-state index in [4.69, 9.17) is 14.6 Å². The number of carbonyl (C=O) groups is 2. The van der Waals surface area contributed by atoms with Crippen LogP contribution in [0.25, 0.3) is 0 Å². The Balaban J connectivity index is 0.000000687. The number of thiophene rings is 1. The number of rotatable bonds is 3. The number of aromatic amines is 1. The summed E-state index contributed by atoms with van der Waals surface area (Å²) in [4.78, 5) is 35.2. The number of fused-ring (bicyclic) bond motifs is 2. The third-order valence-corrected chi connectivity index (χ3v) is 7.54. The molecule has 0 atom stereocenters. The Hall–Kier alpha value is -2.23. The van der Waals surface area contributed by atoms with Gasteiger partial charge < -0.3 is 19.7 Å². The highest BCUT2D eigenvalue weighted by atomic mass is 32.1. The second-order valence-electron chi connectivity index (χ2n) is 8.02. The number of nitrogens with zero attached hydrogens (tertiary/aromatic N) is 3. The molecule has 162 valence electrons. The van der Waals surface area contributed by atoms with Crippen molar-refractivity contribution < 1.29 is 19.4 Å². The quantitative estimate of drug-likeness (QED) is 0.723. The number of carbonyl (C=O) groups excluding carboxylic acids is 1. The molecule has 0 bridgehead atoms. The fourth-order valence-corrected chi connectivity index (χ4v) is 6.04. The van der Waals surface area contributed by atoms with Gasteiger partial charge in [0.1, 0.15) is 5.60 Å². The van der Waals surface area contributed by atoms with Gasteiger partial charge in [0.15, 0.2) is 0 Å². The van der Waals surface area contributed by atoms with Gasteiger partial charge in [0.25, 0.3) is 12.4 Å². The van der Waals surface area contributed by atoms with Crippen LogP contribution in [0.4, 0.5) is 0 Å². The van der Waals surface area contributed by atoms with Crippen LogP contribution in [0.5, 0.6) is 0 Å². The smallest absolute Gasteiger partial charge is 0.290 e. The Morgan fingerprint density at radius 2 is 2.03 bits per heavy atom. The van der Waals surface area contributed by atoms with Crippen molar-refractivity contribution in [2.45, 2.75) is 44.2 Å². The summed E-state index contributed by atoms with van der Waals surface area (Å²) >= 11 is 1.69. The van der Waals surface area contributed by atoms with E-state index in [0.29, 0.717) is 0 Å². The van der Waals surface area contributed by atoms with Crippen LogP contribution in [0, 0.1) is 0 Å². The summed E-state index contributed by atoms with van der Waals surface area (Å²) in [6, 6.07) is 2.15. The van der Waals surface area contributed by atoms with Crippen molar-refractivity contribution >= 4 is 23.7 Å². The number of piperidine rings is 1. The first kappa shape index (κ1) is 21.0. The summed E-state index contributed by atoms with van der Waals surface area (Å²) in [6.07, 6.45) is 8.82. The van der Waals surface area contributed by atoms with Gasteiger partial charge in [-0.1, -0.05) is 0 Å². The van der Waals surface area contributed by atoms with Crippen molar-refractivity contribution in [3.8, 4) is 0 Å². The zero-order valence-corrected chi connectivity index (χ0v) is 17.8. The molecular formula is C21H28N4O4S. The molecule has 0 radical (unpaired) electrons. The van der Waals surface area contributed by atoms with Gasteiger partial charge in [-0.05, 0) is 43.7 Å². The lowest BCUT2D eigenvalue weighted by Crippen LogP contribution is -2.45. The molecule has 3 aliphatic rings. The first-order valence-electron chi connectivity index (χ1n) is 10.5. The zero-order chi connectivity index (χ0) is 21.0. The number of carboxylic acid groups (broad SMARTS) is 1. The zero-order valence-electron chi connectivity index (χ0n) is 17.0. The van der Waals surface area contributed by atoms with Gasteiger partial charge in [0, 0.05) is 49.5 Å². The molecule has 2 aromatic rings. The number of aromatic nitrogens is 2. The van der Waals surface area contributed by atoms with E-state index < -0.39 is 0 Å². The summed E-state index contributed by atoms with van der Waals surface area (Å²) in [5, 5.41) is 6.89. The number of amides is 1. The average molecular weight is 433 g/mol.